The number of rotatable bonds is 5. The average Bonchev–Trinajstić information content (AvgIpc) is 2.96. The van der Waals surface area contributed by atoms with E-state index in [-0.39, 0.29) is 18.5 Å². The van der Waals surface area contributed by atoms with Crippen molar-refractivity contribution in [2.24, 2.45) is 0 Å². The van der Waals surface area contributed by atoms with Gasteiger partial charge in [-0.3, -0.25) is 14.5 Å². The topological polar surface area (TPSA) is 62.7 Å². The highest BCUT2D eigenvalue weighted by Crippen LogP contribution is 2.19. The van der Waals surface area contributed by atoms with Gasteiger partial charge in [0, 0.05) is 10.6 Å². The number of hydrogen-bond donors (Lipinski definition) is 2. The van der Waals surface area contributed by atoms with E-state index in [0.29, 0.717) is 15.6 Å². The van der Waals surface area contributed by atoms with E-state index < -0.39 is 0 Å². The molecule has 1 amide bonds. The Kier molecular flexibility index (Phi) is 5.54. The van der Waals surface area contributed by atoms with E-state index >= 15 is 0 Å². The number of benzene rings is 2. The Morgan fingerprint density at radius 2 is 2.04 bits per heavy atom. The third kappa shape index (κ3) is 4.20. The van der Waals surface area contributed by atoms with Crippen LogP contribution in [0.2, 0.25) is 5.02 Å². The van der Waals surface area contributed by atoms with Crippen molar-refractivity contribution in [3.63, 3.8) is 0 Å². The van der Waals surface area contributed by atoms with Crippen LogP contribution in [0.15, 0.2) is 48.5 Å². The van der Waals surface area contributed by atoms with Crippen LogP contribution in [0, 0.1) is 11.7 Å². The van der Waals surface area contributed by atoms with E-state index in [4.69, 9.17) is 23.8 Å². The van der Waals surface area contributed by atoms with E-state index in [1.807, 2.05) is 56.3 Å². The van der Waals surface area contributed by atoms with Crippen LogP contribution in [0.3, 0.4) is 0 Å². The van der Waals surface area contributed by atoms with Gasteiger partial charge >= 0.3 is 0 Å². The molecule has 0 aliphatic carbocycles. The Labute approximate surface area is 162 Å². The molecule has 1 atom stereocenters. The summed E-state index contributed by atoms with van der Waals surface area (Å²) in [5.41, 5.74) is 3.00. The minimum Gasteiger partial charge on any atom is -0.348 e. The van der Waals surface area contributed by atoms with Gasteiger partial charge in [-0.15, -0.1) is 0 Å². The molecule has 0 bridgehead atoms. The number of halogens is 1. The molecule has 5 nitrogen and oxygen atoms in total. The maximum absolute atomic E-state index is 12.5. The van der Waals surface area contributed by atoms with Crippen molar-refractivity contribution in [3.8, 4) is 11.4 Å². The molecule has 1 aromatic heterocycles. The van der Waals surface area contributed by atoms with Gasteiger partial charge in [0.25, 0.3) is 0 Å². The van der Waals surface area contributed by atoms with Crippen molar-refractivity contribution in [2.75, 3.05) is 0 Å². The van der Waals surface area contributed by atoms with Gasteiger partial charge in [-0.25, -0.2) is 0 Å². The number of aromatic nitrogens is 3. The molecule has 26 heavy (non-hydrogen) atoms. The Morgan fingerprint density at radius 1 is 1.31 bits per heavy atom. The summed E-state index contributed by atoms with van der Waals surface area (Å²) in [6.07, 6.45) is 0. The number of nitrogens with zero attached hydrogens (tertiary/aromatic N) is 2. The summed E-state index contributed by atoms with van der Waals surface area (Å²) in [6, 6.07) is 15.2. The van der Waals surface area contributed by atoms with Crippen LogP contribution in [-0.4, -0.2) is 20.7 Å². The molecule has 0 spiro atoms. The van der Waals surface area contributed by atoms with Crippen LogP contribution in [0.4, 0.5) is 0 Å². The Hall–Kier alpha value is -2.44. The van der Waals surface area contributed by atoms with Crippen LogP contribution in [0.5, 0.6) is 0 Å². The van der Waals surface area contributed by atoms with Gasteiger partial charge in [0.2, 0.25) is 5.91 Å². The van der Waals surface area contributed by atoms with E-state index in [9.17, 15) is 4.79 Å². The van der Waals surface area contributed by atoms with Crippen LogP contribution in [-0.2, 0) is 11.3 Å². The number of amides is 1. The van der Waals surface area contributed by atoms with Crippen LogP contribution < -0.4 is 5.32 Å². The molecule has 0 aliphatic rings. The SMILES string of the molecule is Cc1ccc(-c2n[nH]c(=S)n2CC(=O)NC(C)c2cccc(Cl)c2)cc1. The van der Waals surface area contributed by atoms with Crippen LogP contribution >= 0.6 is 23.8 Å². The maximum atomic E-state index is 12.5. The first-order valence-corrected chi connectivity index (χ1v) is 9.00. The number of carbonyl (C=O) groups is 1. The predicted molar refractivity (Wildman–Crippen MR) is 106 cm³/mol. The van der Waals surface area contributed by atoms with Gasteiger partial charge in [-0.2, -0.15) is 5.10 Å². The zero-order chi connectivity index (χ0) is 18.7. The molecule has 0 saturated carbocycles. The Morgan fingerprint density at radius 3 is 2.73 bits per heavy atom. The summed E-state index contributed by atoms with van der Waals surface area (Å²) < 4.78 is 2.10. The van der Waals surface area contributed by atoms with Crippen molar-refractivity contribution in [2.45, 2.75) is 26.4 Å². The molecular formula is C19H19ClN4OS. The number of aryl methyl sites for hydroxylation is 1. The van der Waals surface area contributed by atoms with Crippen molar-refractivity contribution in [1.29, 1.82) is 0 Å². The quantitative estimate of drug-likeness (QED) is 0.637. The number of hydrogen-bond acceptors (Lipinski definition) is 3. The zero-order valence-electron chi connectivity index (χ0n) is 14.5. The van der Waals surface area contributed by atoms with Crippen LogP contribution in [0.1, 0.15) is 24.1 Å². The third-order valence-electron chi connectivity index (χ3n) is 4.10. The second-order valence-electron chi connectivity index (χ2n) is 6.15. The fourth-order valence-corrected chi connectivity index (χ4v) is 3.07. The van der Waals surface area contributed by atoms with Gasteiger partial charge in [0.1, 0.15) is 6.54 Å². The average molecular weight is 387 g/mol. The summed E-state index contributed by atoms with van der Waals surface area (Å²) in [6.45, 7) is 4.02. The second-order valence-corrected chi connectivity index (χ2v) is 6.97. The molecule has 0 radical (unpaired) electrons. The lowest BCUT2D eigenvalue weighted by atomic mass is 10.1. The molecule has 1 heterocycles. The molecule has 7 heteroatoms. The predicted octanol–water partition coefficient (Wildman–Crippen LogP) is 4.45. The monoisotopic (exact) mass is 386 g/mol. The lowest BCUT2D eigenvalue weighted by molar-refractivity contribution is -0.122. The fraction of sp³-hybridized carbons (Fsp3) is 0.211. The van der Waals surface area contributed by atoms with Crippen molar-refractivity contribution in [1.82, 2.24) is 20.1 Å². The molecule has 3 aromatic rings. The molecule has 2 aromatic carbocycles. The molecular weight excluding hydrogens is 368 g/mol. The Balaban J connectivity index is 1.76. The molecule has 3 rings (SSSR count). The molecule has 0 saturated heterocycles. The highest BCUT2D eigenvalue weighted by molar-refractivity contribution is 7.71. The lowest BCUT2D eigenvalue weighted by Gasteiger charge is -2.15. The fourth-order valence-electron chi connectivity index (χ4n) is 2.68. The smallest absolute Gasteiger partial charge is 0.240 e. The first kappa shape index (κ1) is 18.4. The molecule has 0 fully saturated rings. The minimum absolute atomic E-state index is 0.0868. The summed E-state index contributed by atoms with van der Waals surface area (Å²) in [5.74, 6) is 0.490. The molecule has 0 aliphatic heterocycles. The lowest BCUT2D eigenvalue weighted by Crippen LogP contribution is -2.30. The van der Waals surface area contributed by atoms with Gasteiger partial charge in [-0.05, 0) is 43.8 Å². The largest absolute Gasteiger partial charge is 0.348 e. The summed E-state index contributed by atoms with van der Waals surface area (Å²) in [4.78, 5) is 12.5. The number of aromatic amines is 1. The van der Waals surface area contributed by atoms with Crippen molar-refractivity contribution >= 4 is 29.7 Å². The first-order chi connectivity index (χ1) is 12.4. The third-order valence-corrected chi connectivity index (χ3v) is 4.64. The maximum Gasteiger partial charge on any atom is 0.240 e. The molecule has 134 valence electrons. The van der Waals surface area contributed by atoms with E-state index in [1.165, 1.54) is 0 Å². The van der Waals surface area contributed by atoms with Gasteiger partial charge in [0.05, 0.1) is 6.04 Å². The first-order valence-electron chi connectivity index (χ1n) is 8.21. The Bertz CT molecular complexity index is 978. The second kappa shape index (κ2) is 7.85. The minimum atomic E-state index is -0.162. The standard InChI is InChI=1S/C19H19ClN4OS/c1-12-6-8-14(9-7-12)18-22-23-19(26)24(18)11-17(25)21-13(2)15-4-3-5-16(20)10-15/h3-10,13H,11H2,1-2H3,(H,21,25)(H,23,26). The summed E-state index contributed by atoms with van der Waals surface area (Å²) >= 11 is 11.3. The zero-order valence-corrected chi connectivity index (χ0v) is 16.1. The summed E-state index contributed by atoms with van der Waals surface area (Å²) in [7, 11) is 0. The van der Waals surface area contributed by atoms with E-state index in [1.54, 1.807) is 10.6 Å². The molecule has 2 N–H and O–H groups in total. The summed E-state index contributed by atoms with van der Waals surface area (Å²) in [5, 5.41) is 10.6. The normalized spacial score (nSPS) is 12.0. The van der Waals surface area contributed by atoms with Crippen LogP contribution in [0.25, 0.3) is 11.4 Å². The van der Waals surface area contributed by atoms with Crippen molar-refractivity contribution in [3.05, 3.63) is 69.5 Å². The molecule has 1 unspecified atom stereocenters. The number of carbonyl (C=O) groups excluding carboxylic acids is 1. The highest BCUT2D eigenvalue weighted by Gasteiger charge is 2.15. The van der Waals surface area contributed by atoms with Crippen molar-refractivity contribution < 1.29 is 4.79 Å². The van der Waals surface area contributed by atoms with E-state index in [0.717, 1.165) is 16.7 Å². The number of nitrogens with one attached hydrogen (secondary N) is 2. The van der Waals surface area contributed by atoms with Gasteiger partial charge in [0.15, 0.2) is 10.6 Å². The van der Waals surface area contributed by atoms with Gasteiger partial charge in [-0.1, -0.05) is 53.6 Å². The number of H-pyrrole nitrogens is 1. The van der Waals surface area contributed by atoms with E-state index in [2.05, 4.69) is 15.5 Å². The highest BCUT2D eigenvalue weighted by atomic mass is 35.5. The van der Waals surface area contributed by atoms with Gasteiger partial charge < -0.3 is 5.32 Å².